The second-order valence-electron chi connectivity index (χ2n) is 9.15. The Balaban J connectivity index is 1.42. The van der Waals surface area contributed by atoms with Crippen molar-refractivity contribution < 1.29 is 0 Å². The molecule has 0 spiro atoms. The van der Waals surface area contributed by atoms with E-state index in [2.05, 4.69) is 52.3 Å². The quantitative estimate of drug-likeness (QED) is 0.689. The van der Waals surface area contributed by atoms with E-state index >= 15 is 0 Å². The monoisotopic (exact) mass is 404 g/mol. The van der Waals surface area contributed by atoms with Crippen molar-refractivity contribution in [3.05, 3.63) is 36.3 Å². The summed E-state index contributed by atoms with van der Waals surface area (Å²) >= 11 is 0. The smallest absolute Gasteiger partial charge is 0.147 e. The van der Waals surface area contributed by atoms with Gasteiger partial charge in [0.25, 0.3) is 0 Å². The van der Waals surface area contributed by atoms with Crippen LogP contribution >= 0.6 is 0 Å². The van der Waals surface area contributed by atoms with Gasteiger partial charge in [-0.05, 0) is 57.5 Å². The first-order valence-electron chi connectivity index (χ1n) is 11.4. The molecule has 0 radical (unpaired) electrons. The van der Waals surface area contributed by atoms with Crippen molar-refractivity contribution in [3.63, 3.8) is 0 Å². The molecule has 0 amide bonds. The van der Waals surface area contributed by atoms with E-state index in [9.17, 15) is 0 Å². The molecule has 158 valence electrons. The Morgan fingerprint density at radius 2 is 1.77 bits per heavy atom. The van der Waals surface area contributed by atoms with Gasteiger partial charge in [-0.15, -0.1) is 0 Å². The Morgan fingerprint density at radius 1 is 0.967 bits per heavy atom. The van der Waals surface area contributed by atoms with Gasteiger partial charge in [-0.2, -0.15) is 5.10 Å². The minimum Gasteiger partial charge on any atom is -0.355 e. The van der Waals surface area contributed by atoms with Crippen LogP contribution in [-0.4, -0.2) is 58.3 Å². The molecule has 1 aliphatic heterocycles. The fourth-order valence-electron chi connectivity index (χ4n) is 5.16. The molecule has 3 aromatic rings. The minimum atomic E-state index is 0.599. The Morgan fingerprint density at radius 3 is 2.53 bits per heavy atom. The molecule has 6 heteroatoms. The van der Waals surface area contributed by atoms with Gasteiger partial charge in [0, 0.05) is 36.3 Å². The predicted octanol–water partition coefficient (Wildman–Crippen LogP) is 4.60. The van der Waals surface area contributed by atoms with Gasteiger partial charge in [0.1, 0.15) is 5.82 Å². The summed E-state index contributed by atoms with van der Waals surface area (Å²) in [4.78, 5) is 14.4. The lowest BCUT2D eigenvalue weighted by atomic mass is 9.84. The second-order valence-corrected chi connectivity index (χ2v) is 9.15. The zero-order valence-corrected chi connectivity index (χ0v) is 18.1. The Kier molecular flexibility index (Phi) is 5.42. The van der Waals surface area contributed by atoms with Gasteiger partial charge in [-0.25, -0.2) is 4.98 Å². The van der Waals surface area contributed by atoms with Crippen molar-refractivity contribution >= 4 is 16.9 Å². The summed E-state index contributed by atoms with van der Waals surface area (Å²) in [6.07, 6.45) is 12.8. The van der Waals surface area contributed by atoms with Crippen molar-refractivity contribution in [2.24, 2.45) is 0 Å². The van der Waals surface area contributed by atoms with Crippen LogP contribution in [0.2, 0.25) is 0 Å². The van der Waals surface area contributed by atoms with Crippen LogP contribution in [0.25, 0.3) is 22.2 Å². The maximum atomic E-state index is 5.00. The van der Waals surface area contributed by atoms with E-state index < -0.39 is 0 Å². The van der Waals surface area contributed by atoms with Crippen molar-refractivity contribution in [1.29, 1.82) is 0 Å². The van der Waals surface area contributed by atoms with Gasteiger partial charge in [0.2, 0.25) is 0 Å². The van der Waals surface area contributed by atoms with Crippen LogP contribution in [0.3, 0.4) is 0 Å². The first-order valence-corrected chi connectivity index (χ1v) is 11.4. The Labute approximate surface area is 178 Å². The van der Waals surface area contributed by atoms with Gasteiger partial charge >= 0.3 is 0 Å². The topological polar surface area (TPSA) is 60.9 Å². The summed E-state index contributed by atoms with van der Waals surface area (Å²) in [6, 6.07) is 7.12. The molecule has 1 aromatic carbocycles. The van der Waals surface area contributed by atoms with Gasteiger partial charge in [0.05, 0.1) is 23.4 Å². The van der Waals surface area contributed by atoms with Crippen molar-refractivity contribution in [2.75, 3.05) is 32.1 Å². The number of hydrogen-bond acceptors (Lipinski definition) is 5. The highest BCUT2D eigenvalue weighted by molar-refractivity contribution is 5.82. The van der Waals surface area contributed by atoms with Crippen molar-refractivity contribution in [3.8, 4) is 11.1 Å². The van der Waals surface area contributed by atoms with E-state index in [1.54, 1.807) is 0 Å². The van der Waals surface area contributed by atoms with Crippen molar-refractivity contribution in [2.45, 2.75) is 56.9 Å². The van der Waals surface area contributed by atoms with Crippen LogP contribution in [0.15, 0.2) is 30.6 Å². The third kappa shape index (κ3) is 3.81. The van der Waals surface area contributed by atoms with Gasteiger partial charge in [-0.1, -0.05) is 25.3 Å². The number of anilines is 1. The molecule has 1 aliphatic carbocycles. The van der Waals surface area contributed by atoms with Gasteiger partial charge in [-0.3, -0.25) is 10.1 Å². The highest BCUT2D eigenvalue weighted by Gasteiger charge is 2.23. The van der Waals surface area contributed by atoms with Crippen LogP contribution in [0.1, 0.15) is 56.6 Å². The van der Waals surface area contributed by atoms with Crippen LogP contribution in [0.5, 0.6) is 0 Å². The number of nitrogens with one attached hydrogen (secondary N) is 1. The van der Waals surface area contributed by atoms with Crippen LogP contribution in [-0.2, 0) is 0 Å². The van der Waals surface area contributed by atoms with E-state index in [0.29, 0.717) is 12.0 Å². The SMILES string of the molecule is CN(C)C1CCN(c2cnc3ccc(-c4cn[nH]c4C4CCCCC4)cc3n2)CC1. The molecule has 2 fully saturated rings. The molecule has 1 N–H and O–H groups in total. The van der Waals surface area contributed by atoms with E-state index in [0.717, 1.165) is 29.9 Å². The summed E-state index contributed by atoms with van der Waals surface area (Å²) in [5.41, 5.74) is 5.63. The molecular weight excluding hydrogens is 372 g/mol. The summed E-state index contributed by atoms with van der Waals surface area (Å²) in [5.74, 6) is 1.60. The van der Waals surface area contributed by atoms with Crippen LogP contribution < -0.4 is 4.90 Å². The minimum absolute atomic E-state index is 0.599. The van der Waals surface area contributed by atoms with E-state index in [-0.39, 0.29) is 0 Å². The molecule has 5 rings (SSSR count). The third-order valence-electron chi connectivity index (χ3n) is 7.04. The number of nitrogens with zero attached hydrogens (tertiary/aromatic N) is 5. The Bertz CT molecular complexity index is 996. The van der Waals surface area contributed by atoms with Gasteiger partial charge in [0.15, 0.2) is 0 Å². The maximum Gasteiger partial charge on any atom is 0.147 e. The molecule has 0 bridgehead atoms. The highest BCUT2D eigenvalue weighted by atomic mass is 15.2. The molecule has 0 atom stereocenters. The largest absolute Gasteiger partial charge is 0.355 e. The summed E-state index contributed by atoms with van der Waals surface area (Å²) in [5, 5.41) is 7.69. The molecule has 30 heavy (non-hydrogen) atoms. The fourth-order valence-corrected chi connectivity index (χ4v) is 5.16. The summed E-state index contributed by atoms with van der Waals surface area (Å²) < 4.78 is 0. The number of aromatic nitrogens is 4. The van der Waals surface area contributed by atoms with Crippen molar-refractivity contribution in [1.82, 2.24) is 25.1 Å². The average Bonchev–Trinajstić information content (AvgIpc) is 3.29. The standard InChI is InChI=1S/C24H32N6/c1-29(2)19-10-12-30(13-11-19)23-16-25-21-9-8-18(14-22(21)27-23)20-15-26-28-24(20)17-6-4-3-5-7-17/h8-9,14-17,19H,3-7,10-13H2,1-2H3,(H,26,28). The van der Waals surface area contributed by atoms with E-state index in [1.807, 2.05) is 12.4 Å². The molecule has 0 unspecified atom stereocenters. The second kappa shape index (κ2) is 8.34. The number of hydrogen-bond donors (Lipinski definition) is 1. The molecule has 1 saturated carbocycles. The molecule has 3 heterocycles. The summed E-state index contributed by atoms with van der Waals surface area (Å²) in [7, 11) is 4.35. The normalized spacial score (nSPS) is 19.1. The fraction of sp³-hybridized carbons (Fsp3) is 0.542. The number of benzene rings is 1. The molecule has 2 aliphatic rings. The number of aromatic amines is 1. The Hall–Kier alpha value is -2.47. The number of piperidine rings is 1. The van der Waals surface area contributed by atoms with E-state index in [1.165, 1.54) is 61.8 Å². The lowest BCUT2D eigenvalue weighted by Gasteiger charge is -2.35. The number of H-pyrrole nitrogens is 1. The van der Waals surface area contributed by atoms with Gasteiger partial charge < -0.3 is 9.80 Å². The van der Waals surface area contributed by atoms with Crippen LogP contribution in [0, 0.1) is 0 Å². The first kappa shape index (κ1) is 19.5. The zero-order chi connectivity index (χ0) is 20.5. The number of rotatable bonds is 4. The maximum absolute atomic E-state index is 5.00. The number of fused-ring (bicyclic) bond motifs is 1. The zero-order valence-electron chi connectivity index (χ0n) is 18.1. The summed E-state index contributed by atoms with van der Waals surface area (Å²) in [6.45, 7) is 2.08. The highest BCUT2D eigenvalue weighted by Crippen LogP contribution is 2.37. The predicted molar refractivity (Wildman–Crippen MR) is 122 cm³/mol. The lowest BCUT2D eigenvalue weighted by molar-refractivity contribution is 0.249. The van der Waals surface area contributed by atoms with Crippen LogP contribution in [0.4, 0.5) is 5.82 Å². The third-order valence-corrected chi connectivity index (χ3v) is 7.04. The lowest BCUT2D eigenvalue weighted by Crippen LogP contribution is -2.42. The molecular formula is C24H32N6. The molecule has 2 aromatic heterocycles. The molecule has 6 nitrogen and oxygen atoms in total. The molecule has 1 saturated heterocycles. The van der Waals surface area contributed by atoms with E-state index in [4.69, 9.17) is 9.97 Å². The first-order chi connectivity index (χ1) is 14.7. The average molecular weight is 405 g/mol.